The van der Waals surface area contributed by atoms with Crippen LogP contribution in [0.1, 0.15) is 33.6 Å². The van der Waals surface area contributed by atoms with Crippen molar-refractivity contribution in [3.8, 4) is 0 Å². The van der Waals surface area contributed by atoms with Crippen LogP contribution in [0.3, 0.4) is 0 Å². The number of rotatable bonds is 4. The van der Waals surface area contributed by atoms with Crippen molar-refractivity contribution in [3.05, 3.63) is 12.7 Å². The van der Waals surface area contributed by atoms with Crippen molar-refractivity contribution in [2.75, 3.05) is 13.1 Å². The fraction of sp³-hybridized carbons (Fsp3) is 0.667. The van der Waals surface area contributed by atoms with Crippen LogP contribution in [0.2, 0.25) is 0 Å². The summed E-state index contributed by atoms with van der Waals surface area (Å²) in [5, 5.41) is 0. The minimum atomic E-state index is -0.410. The normalized spacial score (nSPS) is 20.2. The fourth-order valence-corrected chi connectivity index (χ4v) is 1.97. The molecule has 0 bridgehead atoms. The molecule has 0 aliphatic carbocycles. The molecule has 0 aromatic carbocycles. The van der Waals surface area contributed by atoms with Crippen molar-refractivity contribution in [1.82, 2.24) is 9.80 Å². The smallest absolute Gasteiger partial charge is 0.315 e. The zero-order chi connectivity index (χ0) is 12.3. The van der Waals surface area contributed by atoms with Gasteiger partial charge in [-0.25, -0.2) is 4.79 Å². The molecule has 90 valence electrons. The van der Waals surface area contributed by atoms with E-state index in [1.807, 2.05) is 20.8 Å². The van der Waals surface area contributed by atoms with E-state index in [9.17, 15) is 9.59 Å². The van der Waals surface area contributed by atoms with Gasteiger partial charge in [-0.15, -0.1) is 6.58 Å². The van der Waals surface area contributed by atoms with Crippen LogP contribution >= 0.6 is 0 Å². The number of carbonyl (C=O) groups is 2. The van der Waals surface area contributed by atoms with Crippen LogP contribution in [0.15, 0.2) is 12.7 Å². The Hall–Kier alpha value is -1.32. The molecular weight excluding hydrogens is 204 g/mol. The van der Waals surface area contributed by atoms with E-state index < -0.39 is 5.54 Å². The van der Waals surface area contributed by atoms with Crippen molar-refractivity contribution in [2.45, 2.75) is 39.2 Å². The summed E-state index contributed by atoms with van der Waals surface area (Å²) in [4.78, 5) is 27.0. The van der Waals surface area contributed by atoms with E-state index in [4.69, 9.17) is 0 Å². The fourth-order valence-electron chi connectivity index (χ4n) is 1.97. The van der Waals surface area contributed by atoms with Crippen LogP contribution < -0.4 is 0 Å². The topological polar surface area (TPSA) is 40.6 Å². The highest BCUT2D eigenvalue weighted by atomic mass is 16.2. The zero-order valence-corrected chi connectivity index (χ0v) is 10.3. The van der Waals surface area contributed by atoms with Gasteiger partial charge in [0.2, 0.25) is 5.91 Å². The monoisotopic (exact) mass is 224 g/mol. The zero-order valence-electron chi connectivity index (χ0n) is 10.3. The first-order chi connectivity index (χ1) is 7.44. The number of nitrogens with zero attached hydrogens (tertiary/aromatic N) is 2. The third kappa shape index (κ3) is 2.26. The Morgan fingerprint density at radius 1 is 1.44 bits per heavy atom. The molecule has 16 heavy (non-hydrogen) atoms. The molecule has 0 N–H and O–H groups in total. The first kappa shape index (κ1) is 12.7. The second kappa shape index (κ2) is 4.68. The van der Waals surface area contributed by atoms with E-state index in [2.05, 4.69) is 6.58 Å². The van der Waals surface area contributed by atoms with Gasteiger partial charge in [0.25, 0.3) is 0 Å². The molecule has 1 heterocycles. The van der Waals surface area contributed by atoms with Crippen LogP contribution in [0.25, 0.3) is 0 Å². The first-order valence-corrected chi connectivity index (χ1v) is 5.67. The lowest BCUT2D eigenvalue weighted by atomic mass is 9.94. The molecular formula is C12H20N2O2. The Balaban J connectivity index is 2.93. The van der Waals surface area contributed by atoms with Crippen LogP contribution in [-0.4, -0.2) is 40.4 Å². The van der Waals surface area contributed by atoms with Gasteiger partial charge in [-0.2, -0.15) is 0 Å². The van der Waals surface area contributed by atoms with Gasteiger partial charge < -0.3 is 4.90 Å². The van der Waals surface area contributed by atoms with Crippen molar-refractivity contribution in [2.24, 2.45) is 0 Å². The summed E-state index contributed by atoms with van der Waals surface area (Å²) in [6.07, 6.45) is 2.87. The molecule has 4 heteroatoms. The third-order valence-corrected chi connectivity index (χ3v) is 2.84. The highest BCUT2D eigenvalue weighted by Crippen LogP contribution is 2.27. The minimum Gasteiger partial charge on any atom is -0.315 e. The number of hydrogen-bond acceptors (Lipinski definition) is 2. The van der Waals surface area contributed by atoms with E-state index in [0.717, 1.165) is 6.42 Å². The molecule has 0 spiro atoms. The predicted octanol–water partition coefficient (Wildman–Crippen LogP) is 2.02. The van der Waals surface area contributed by atoms with Crippen LogP contribution in [0, 0.1) is 0 Å². The molecule has 0 radical (unpaired) electrons. The second-order valence-corrected chi connectivity index (χ2v) is 4.72. The van der Waals surface area contributed by atoms with Gasteiger partial charge in [0.15, 0.2) is 0 Å². The average Bonchev–Trinajstić information content (AvgIpc) is 2.18. The molecule has 1 fully saturated rings. The van der Waals surface area contributed by atoms with Crippen LogP contribution in [0.4, 0.5) is 4.79 Å². The predicted molar refractivity (Wildman–Crippen MR) is 63.0 cm³/mol. The van der Waals surface area contributed by atoms with E-state index in [0.29, 0.717) is 19.5 Å². The molecule has 1 rings (SSSR count). The van der Waals surface area contributed by atoms with Gasteiger partial charge >= 0.3 is 6.03 Å². The summed E-state index contributed by atoms with van der Waals surface area (Å²) < 4.78 is 0. The highest BCUT2D eigenvalue weighted by Gasteiger charge is 2.42. The lowest BCUT2D eigenvalue weighted by molar-refractivity contribution is -0.134. The molecule has 0 atom stereocenters. The number of carbonyl (C=O) groups excluding carboxylic acids is 2. The summed E-state index contributed by atoms with van der Waals surface area (Å²) in [5.74, 6) is -0.0721. The average molecular weight is 224 g/mol. The van der Waals surface area contributed by atoms with Crippen molar-refractivity contribution in [3.63, 3.8) is 0 Å². The van der Waals surface area contributed by atoms with E-state index in [-0.39, 0.29) is 11.9 Å². The van der Waals surface area contributed by atoms with Crippen molar-refractivity contribution >= 4 is 11.9 Å². The maximum atomic E-state index is 12.1. The molecule has 3 amide bonds. The quantitative estimate of drug-likeness (QED) is 0.685. The molecule has 0 aromatic rings. The second-order valence-electron chi connectivity index (χ2n) is 4.72. The summed E-state index contributed by atoms with van der Waals surface area (Å²) >= 11 is 0. The number of hydrogen-bond donors (Lipinski definition) is 0. The highest BCUT2D eigenvalue weighted by molar-refractivity contribution is 5.98. The van der Waals surface area contributed by atoms with Crippen LogP contribution in [0.5, 0.6) is 0 Å². The van der Waals surface area contributed by atoms with E-state index in [1.54, 1.807) is 11.0 Å². The Labute approximate surface area is 96.9 Å². The van der Waals surface area contributed by atoms with Gasteiger partial charge in [0, 0.05) is 18.6 Å². The van der Waals surface area contributed by atoms with E-state index in [1.165, 1.54) is 4.90 Å². The summed E-state index contributed by atoms with van der Waals surface area (Å²) in [6.45, 7) is 10.4. The Bertz CT molecular complexity index is 310. The minimum absolute atomic E-state index is 0.0721. The molecule has 1 aliphatic rings. The number of imide groups is 1. The summed E-state index contributed by atoms with van der Waals surface area (Å²) in [7, 11) is 0. The molecule has 4 nitrogen and oxygen atoms in total. The molecule has 0 unspecified atom stereocenters. The largest absolute Gasteiger partial charge is 0.327 e. The number of urea groups is 1. The maximum absolute atomic E-state index is 12.1. The summed E-state index contributed by atoms with van der Waals surface area (Å²) in [6, 6.07) is -0.192. The van der Waals surface area contributed by atoms with Crippen LogP contribution in [-0.2, 0) is 4.79 Å². The molecule has 0 aromatic heterocycles. The Morgan fingerprint density at radius 3 is 2.56 bits per heavy atom. The molecule has 1 saturated heterocycles. The third-order valence-electron chi connectivity index (χ3n) is 2.84. The van der Waals surface area contributed by atoms with E-state index >= 15 is 0 Å². The lowest BCUT2D eigenvalue weighted by Crippen LogP contribution is -2.61. The van der Waals surface area contributed by atoms with Gasteiger partial charge in [0.05, 0.1) is 6.42 Å². The van der Waals surface area contributed by atoms with Gasteiger partial charge in [0.1, 0.15) is 0 Å². The maximum Gasteiger partial charge on any atom is 0.327 e. The SMILES string of the molecule is C=CCN1C(=O)N(CCC)C(=O)CC1(C)C. The standard InChI is InChI=1S/C12H20N2O2/c1-5-7-13-10(15)9-12(3,4)14(8-6-2)11(13)16/h6H,2,5,7-9H2,1,3-4H3. The molecule has 0 saturated carbocycles. The van der Waals surface area contributed by atoms with Gasteiger partial charge in [-0.05, 0) is 20.3 Å². The molecule has 1 aliphatic heterocycles. The lowest BCUT2D eigenvalue weighted by Gasteiger charge is -2.45. The van der Waals surface area contributed by atoms with Crippen molar-refractivity contribution in [1.29, 1.82) is 0 Å². The summed E-state index contributed by atoms with van der Waals surface area (Å²) in [5.41, 5.74) is -0.410. The number of amides is 3. The Kier molecular flexibility index (Phi) is 3.73. The van der Waals surface area contributed by atoms with Gasteiger partial charge in [-0.1, -0.05) is 13.0 Å². The van der Waals surface area contributed by atoms with Gasteiger partial charge in [-0.3, -0.25) is 9.69 Å². The Morgan fingerprint density at radius 2 is 2.06 bits per heavy atom. The first-order valence-electron chi connectivity index (χ1n) is 5.67. The van der Waals surface area contributed by atoms with Crippen molar-refractivity contribution < 1.29 is 9.59 Å².